The molecule has 1 aliphatic heterocycles. The number of rotatable bonds is 6. The van der Waals surface area contributed by atoms with Crippen LogP contribution in [-0.4, -0.2) is 45.7 Å². The van der Waals surface area contributed by atoms with Gasteiger partial charge in [-0.3, -0.25) is 0 Å². The Morgan fingerprint density at radius 2 is 2.14 bits per heavy atom. The van der Waals surface area contributed by atoms with Crippen LogP contribution in [0.4, 0.5) is 0 Å². The van der Waals surface area contributed by atoms with E-state index in [0.29, 0.717) is 5.92 Å². The SMILES string of the molecule is Cc1cc2ncc(CNCC(C)CN3CCCC3)cn2n1. The number of fused-ring (bicyclic) bond motifs is 1. The zero-order chi connectivity index (χ0) is 14.7. The molecular formula is C16H25N5. The molecule has 1 saturated heterocycles. The fraction of sp³-hybridized carbons (Fsp3) is 0.625. The van der Waals surface area contributed by atoms with E-state index in [4.69, 9.17) is 0 Å². The van der Waals surface area contributed by atoms with Crippen molar-refractivity contribution in [2.75, 3.05) is 26.2 Å². The molecular weight excluding hydrogens is 262 g/mol. The molecule has 0 aliphatic carbocycles. The average molecular weight is 287 g/mol. The van der Waals surface area contributed by atoms with Gasteiger partial charge in [-0.1, -0.05) is 6.92 Å². The topological polar surface area (TPSA) is 45.5 Å². The molecule has 0 saturated carbocycles. The van der Waals surface area contributed by atoms with Crippen LogP contribution >= 0.6 is 0 Å². The van der Waals surface area contributed by atoms with Gasteiger partial charge in [0.15, 0.2) is 5.65 Å². The molecule has 114 valence electrons. The van der Waals surface area contributed by atoms with Gasteiger partial charge in [0, 0.05) is 37.1 Å². The van der Waals surface area contributed by atoms with Gasteiger partial charge in [0.1, 0.15) is 0 Å². The largest absolute Gasteiger partial charge is 0.312 e. The van der Waals surface area contributed by atoms with Crippen molar-refractivity contribution in [3.05, 3.63) is 29.7 Å². The highest BCUT2D eigenvalue weighted by molar-refractivity contribution is 5.38. The van der Waals surface area contributed by atoms with E-state index < -0.39 is 0 Å². The first-order valence-corrected chi connectivity index (χ1v) is 7.95. The van der Waals surface area contributed by atoms with Gasteiger partial charge in [-0.15, -0.1) is 0 Å². The second kappa shape index (κ2) is 6.54. The molecule has 1 atom stereocenters. The molecule has 0 aromatic carbocycles. The summed E-state index contributed by atoms with van der Waals surface area (Å²) in [6, 6.07) is 2.00. The van der Waals surface area contributed by atoms with E-state index in [1.54, 1.807) is 0 Å². The van der Waals surface area contributed by atoms with Gasteiger partial charge in [0.25, 0.3) is 0 Å². The van der Waals surface area contributed by atoms with E-state index in [-0.39, 0.29) is 0 Å². The van der Waals surface area contributed by atoms with E-state index in [9.17, 15) is 0 Å². The summed E-state index contributed by atoms with van der Waals surface area (Å²) in [5.74, 6) is 0.687. The lowest BCUT2D eigenvalue weighted by Crippen LogP contribution is -2.31. The molecule has 5 nitrogen and oxygen atoms in total. The predicted octanol–water partition coefficient (Wildman–Crippen LogP) is 1.86. The molecule has 3 heterocycles. The molecule has 3 rings (SSSR count). The first kappa shape index (κ1) is 14.5. The number of hydrogen-bond donors (Lipinski definition) is 1. The first-order chi connectivity index (χ1) is 10.2. The molecule has 2 aromatic rings. The molecule has 0 bridgehead atoms. The lowest BCUT2D eigenvalue weighted by atomic mass is 10.1. The minimum Gasteiger partial charge on any atom is -0.312 e. The first-order valence-electron chi connectivity index (χ1n) is 7.95. The number of aromatic nitrogens is 3. The third-order valence-electron chi connectivity index (χ3n) is 4.08. The van der Waals surface area contributed by atoms with Gasteiger partial charge < -0.3 is 10.2 Å². The summed E-state index contributed by atoms with van der Waals surface area (Å²) in [6.45, 7) is 9.99. The van der Waals surface area contributed by atoms with Crippen LogP contribution < -0.4 is 5.32 Å². The van der Waals surface area contributed by atoms with Gasteiger partial charge in [-0.05, 0) is 45.3 Å². The van der Waals surface area contributed by atoms with Crippen LogP contribution in [0.25, 0.3) is 5.65 Å². The van der Waals surface area contributed by atoms with Crippen LogP contribution in [0.3, 0.4) is 0 Å². The number of hydrogen-bond acceptors (Lipinski definition) is 4. The molecule has 1 fully saturated rings. The van der Waals surface area contributed by atoms with Crippen molar-refractivity contribution >= 4 is 5.65 Å². The van der Waals surface area contributed by atoms with Crippen LogP contribution in [0.15, 0.2) is 18.5 Å². The Labute approximate surface area is 126 Å². The van der Waals surface area contributed by atoms with E-state index in [2.05, 4.69) is 33.4 Å². The Kier molecular flexibility index (Phi) is 4.51. The third kappa shape index (κ3) is 3.80. The number of likely N-dealkylation sites (tertiary alicyclic amines) is 1. The monoisotopic (exact) mass is 287 g/mol. The summed E-state index contributed by atoms with van der Waals surface area (Å²) in [4.78, 5) is 7.01. The molecule has 0 radical (unpaired) electrons. The van der Waals surface area contributed by atoms with E-state index in [1.165, 1.54) is 38.0 Å². The molecule has 0 spiro atoms. The van der Waals surface area contributed by atoms with Gasteiger partial charge in [0.2, 0.25) is 0 Å². The van der Waals surface area contributed by atoms with Crippen LogP contribution in [-0.2, 0) is 6.54 Å². The van der Waals surface area contributed by atoms with Crippen molar-refractivity contribution in [3.63, 3.8) is 0 Å². The molecule has 2 aromatic heterocycles. The molecule has 21 heavy (non-hydrogen) atoms. The third-order valence-corrected chi connectivity index (χ3v) is 4.08. The van der Waals surface area contributed by atoms with Crippen molar-refractivity contribution in [2.24, 2.45) is 5.92 Å². The fourth-order valence-electron chi connectivity index (χ4n) is 3.06. The fourth-order valence-corrected chi connectivity index (χ4v) is 3.06. The van der Waals surface area contributed by atoms with Crippen LogP contribution in [0, 0.1) is 12.8 Å². The van der Waals surface area contributed by atoms with Gasteiger partial charge in [0.05, 0.1) is 5.69 Å². The maximum Gasteiger partial charge on any atom is 0.155 e. The molecule has 5 heteroatoms. The van der Waals surface area contributed by atoms with Crippen molar-refractivity contribution in [3.8, 4) is 0 Å². The summed E-state index contributed by atoms with van der Waals surface area (Å²) in [5.41, 5.74) is 3.10. The molecule has 1 aliphatic rings. The summed E-state index contributed by atoms with van der Waals surface area (Å²) in [5, 5.41) is 7.94. The van der Waals surface area contributed by atoms with Crippen molar-refractivity contribution in [1.82, 2.24) is 24.8 Å². The Morgan fingerprint density at radius 1 is 1.33 bits per heavy atom. The van der Waals surface area contributed by atoms with Gasteiger partial charge in [-0.2, -0.15) is 5.10 Å². The number of nitrogens with one attached hydrogen (secondary N) is 1. The zero-order valence-electron chi connectivity index (χ0n) is 13.0. The smallest absolute Gasteiger partial charge is 0.155 e. The Hall–Kier alpha value is -1.46. The van der Waals surface area contributed by atoms with Gasteiger partial charge >= 0.3 is 0 Å². The van der Waals surface area contributed by atoms with Crippen molar-refractivity contribution in [1.29, 1.82) is 0 Å². The van der Waals surface area contributed by atoms with E-state index in [0.717, 1.165) is 24.4 Å². The average Bonchev–Trinajstić information content (AvgIpc) is 3.06. The van der Waals surface area contributed by atoms with Crippen LogP contribution in [0.2, 0.25) is 0 Å². The maximum atomic E-state index is 4.44. The maximum absolute atomic E-state index is 4.44. The summed E-state index contributed by atoms with van der Waals surface area (Å²) >= 11 is 0. The molecule has 1 N–H and O–H groups in total. The lowest BCUT2D eigenvalue weighted by molar-refractivity contribution is 0.282. The van der Waals surface area contributed by atoms with Crippen molar-refractivity contribution in [2.45, 2.75) is 33.2 Å². The number of aryl methyl sites for hydroxylation is 1. The number of nitrogens with zero attached hydrogens (tertiary/aromatic N) is 4. The zero-order valence-corrected chi connectivity index (χ0v) is 13.0. The van der Waals surface area contributed by atoms with Crippen LogP contribution in [0.1, 0.15) is 31.0 Å². The second-order valence-corrected chi connectivity index (χ2v) is 6.29. The Balaban J connectivity index is 1.47. The minimum atomic E-state index is 0.687. The van der Waals surface area contributed by atoms with Crippen molar-refractivity contribution < 1.29 is 0 Å². The van der Waals surface area contributed by atoms with E-state index in [1.807, 2.05) is 23.7 Å². The highest BCUT2D eigenvalue weighted by atomic mass is 15.2. The summed E-state index contributed by atoms with van der Waals surface area (Å²) in [7, 11) is 0. The highest BCUT2D eigenvalue weighted by Crippen LogP contribution is 2.10. The quantitative estimate of drug-likeness (QED) is 0.881. The standard InChI is InChI=1S/C16H25N5/c1-13(11-20-5-3-4-6-20)8-17-9-15-10-18-16-7-14(2)19-21(16)12-15/h7,10,12-13,17H,3-6,8-9,11H2,1-2H3. The lowest BCUT2D eigenvalue weighted by Gasteiger charge is -2.20. The summed E-state index contributed by atoms with van der Waals surface area (Å²) in [6.07, 6.45) is 6.74. The Bertz CT molecular complexity index is 585. The molecule has 0 amide bonds. The van der Waals surface area contributed by atoms with Gasteiger partial charge in [-0.25, -0.2) is 9.50 Å². The second-order valence-electron chi connectivity index (χ2n) is 6.29. The normalized spacial score (nSPS) is 17.6. The molecule has 1 unspecified atom stereocenters. The Morgan fingerprint density at radius 3 is 2.95 bits per heavy atom. The predicted molar refractivity (Wildman–Crippen MR) is 84.3 cm³/mol. The van der Waals surface area contributed by atoms with E-state index >= 15 is 0 Å². The minimum absolute atomic E-state index is 0.687. The highest BCUT2D eigenvalue weighted by Gasteiger charge is 2.14. The van der Waals surface area contributed by atoms with Crippen LogP contribution in [0.5, 0.6) is 0 Å². The summed E-state index contributed by atoms with van der Waals surface area (Å²) < 4.78 is 1.86.